The van der Waals surface area contributed by atoms with E-state index < -0.39 is 0 Å². The number of nitrogens with zero attached hydrogens (tertiary/aromatic N) is 2. The van der Waals surface area contributed by atoms with E-state index in [-0.39, 0.29) is 11.9 Å². The number of hydrogen-bond donors (Lipinski definition) is 1. The van der Waals surface area contributed by atoms with E-state index in [0.29, 0.717) is 18.5 Å². The lowest BCUT2D eigenvalue weighted by Crippen LogP contribution is -2.54. The summed E-state index contributed by atoms with van der Waals surface area (Å²) < 4.78 is 0. The Hall–Kier alpha value is -1.05. The molecular weight excluding hydrogens is 298 g/mol. The molecule has 0 radical (unpaired) electrons. The first kappa shape index (κ1) is 19.3. The van der Waals surface area contributed by atoms with Gasteiger partial charge in [-0.3, -0.25) is 14.6 Å². The zero-order chi connectivity index (χ0) is 17.5. The maximum atomic E-state index is 12.7. The standard InChI is InChI=1S/C20H35N3O/c1-5-11-22-12-7-6-8-18(22)20(24)21-15-19(16(2)3)23-13-9-17(4)10-14-23/h1,16-19H,6-15H2,2-4H3,(H,21,24). The predicted octanol–water partition coefficient (Wildman–Crippen LogP) is 2.35. The molecule has 2 unspecified atom stereocenters. The molecule has 1 N–H and O–H groups in total. The Labute approximate surface area is 148 Å². The first-order valence-corrected chi connectivity index (χ1v) is 9.72. The lowest BCUT2D eigenvalue weighted by Gasteiger charge is -2.39. The van der Waals surface area contributed by atoms with Gasteiger partial charge in [-0.15, -0.1) is 6.42 Å². The van der Waals surface area contributed by atoms with Gasteiger partial charge in [0.1, 0.15) is 0 Å². The highest BCUT2D eigenvalue weighted by atomic mass is 16.2. The second-order valence-electron chi connectivity index (χ2n) is 7.96. The van der Waals surface area contributed by atoms with Crippen LogP contribution in [0.1, 0.15) is 52.9 Å². The van der Waals surface area contributed by atoms with Crippen LogP contribution in [0.5, 0.6) is 0 Å². The van der Waals surface area contributed by atoms with Crippen molar-refractivity contribution in [2.45, 2.75) is 65.0 Å². The number of rotatable bonds is 6. The molecule has 0 aromatic rings. The van der Waals surface area contributed by atoms with E-state index in [2.05, 4.69) is 41.8 Å². The van der Waals surface area contributed by atoms with E-state index in [4.69, 9.17) is 6.42 Å². The third kappa shape index (κ3) is 5.22. The van der Waals surface area contributed by atoms with Crippen LogP contribution in [0.2, 0.25) is 0 Å². The second kappa shape index (κ2) is 9.44. The summed E-state index contributed by atoms with van der Waals surface area (Å²) in [5.41, 5.74) is 0. The molecule has 2 aliphatic heterocycles. The number of likely N-dealkylation sites (tertiary alicyclic amines) is 2. The molecule has 4 nitrogen and oxygen atoms in total. The van der Waals surface area contributed by atoms with E-state index in [0.717, 1.165) is 51.4 Å². The molecule has 2 fully saturated rings. The van der Waals surface area contributed by atoms with E-state index in [1.54, 1.807) is 0 Å². The van der Waals surface area contributed by atoms with Gasteiger partial charge in [-0.1, -0.05) is 33.1 Å². The molecule has 24 heavy (non-hydrogen) atoms. The number of carbonyl (C=O) groups excluding carboxylic acids is 1. The van der Waals surface area contributed by atoms with Crippen LogP contribution in [0.15, 0.2) is 0 Å². The number of nitrogens with one attached hydrogen (secondary N) is 1. The molecule has 136 valence electrons. The molecule has 1 amide bonds. The fraction of sp³-hybridized carbons (Fsp3) is 0.850. The van der Waals surface area contributed by atoms with Crippen molar-refractivity contribution in [2.24, 2.45) is 11.8 Å². The number of hydrogen-bond acceptors (Lipinski definition) is 3. The number of piperidine rings is 2. The largest absolute Gasteiger partial charge is 0.353 e. The zero-order valence-corrected chi connectivity index (χ0v) is 15.8. The fourth-order valence-electron chi connectivity index (χ4n) is 4.06. The van der Waals surface area contributed by atoms with Crippen LogP contribution in [-0.4, -0.2) is 60.5 Å². The molecule has 2 heterocycles. The summed E-state index contributed by atoms with van der Waals surface area (Å²) >= 11 is 0. The monoisotopic (exact) mass is 333 g/mol. The van der Waals surface area contributed by atoms with Crippen LogP contribution in [0, 0.1) is 24.2 Å². The SMILES string of the molecule is C#CCN1CCCCC1C(=O)NCC(C(C)C)N1CCC(C)CC1. The van der Waals surface area contributed by atoms with Crippen molar-refractivity contribution in [1.29, 1.82) is 0 Å². The van der Waals surface area contributed by atoms with Gasteiger partial charge in [0.2, 0.25) is 5.91 Å². The van der Waals surface area contributed by atoms with Crippen LogP contribution in [0.25, 0.3) is 0 Å². The first-order valence-electron chi connectivity index (χ1n) is 9.72. The molecule has 0 spiro atoms. The fourth-order valence-corrected chi connectivity index (χ4v) is 4.06. The summed E-state index contributed by atoms with van der Waals surface area (Å²) in [6, 6.07) is 0.398. The van der Waals surface area contributed by atoms with Crippen molar-refractivity contribution < 1.29 is 4.79 Å². The molecule has 2 aliphatic rings. The van der Waals surface area contributed by atoms with E-state index in [1.807, 2.05) is 0 Å². The molecule has 0 aromatic heterocycles. The Bertz CT molecular complexity index is 435. The Morgan fingerprint density at radius 3 is 2.54 bits per heavy atom. The molecule has 2 atom stereocenters. The Balaban J connectivity index is 1.88. The van der Waals surface area contributed by atoms with Crippen LogP contribution in [0.3, 0.4) is 0 Å². The van der Waals surface area contributed by atoms with Crippen LogP contribution in [0.4, 0.5) is 0 Å². The molecule has 2 saturated heterocycles. The van der Waals surface area contributed by atoms with Gasteiger partial charge in [0.25, 0.3) is 0 Å². The molecule has 2 rings (SSSR count). The minimum Gasteiger partial charge on any atom is -0.353 e. The summed E-state index contributed by atoms with van der Waals surface area (Å²) in [7, 11) is 0. The van der Waals surface area contributed by atoms with Gasteiger partial charge in [0.15, 0.2) is 0 Å². The third-order valence-corrected chi connectivity index (χ3v) is 5.75. The topological polar surface area (TPSA) is 35.6 Å². The van der Waals surface area contributed by atoms with Gasteiger partial charge < -0.3 is 5.32 Å². The highest BCUT2D eigenvalue weighted by Crippen LogP contribution is 2.21. The van der Waals surface area contributed by atoms with E-state index in [9.17, 15) is 4.79 Å². The zero-order valence-electron chi connectivity index (χ0n) is 15.8. The molecule has 4 heteroatoms. The van der Waals surface area contributed by atoms with Crippen LogP contribution in [-0.2, 0) is 4.79 Å². The first-order chi connectivity index (χ1) is 11.5. The quantitative estimate of drug-likeness (QED) is 0.758. The van der Waals surface area contributed by atoms with Gasteiger partial charge in [0.05, 0.1) is 12.6 Å². The Morgan fingerprint density at radius 2 is 1.92 bits per heavy atom. The molecule has 0 saturated carbocycles. The van der Waals surface area contributed by atoms with Crippen molar-refractivity contribution in [3.63, 3.8) is 0 Å². The van der Waals surface area contributed by atoms with Crippen molar-refractivity contribution in [3.05, 3.63) is 0 Å². The summed E-state index contributed by atoms with van der Waals surface area (Å²) in [5, 5.41) is 3.24. The van der Waals surface area contributed by atoms with Crippen molar-refractivity contribution in [3.8, 4) is 12.3 Å². The number of amides is 1. The van der Waals surface area contributed by atoms with Gasteiger partial charge in [-0.05, 0) is 57.2 Å². The smallest absolute Gasteiger partial charge is 0.237 e. The molecular formula is C20H35N3O. The minimum absolute atomic E-state index is 0.0380. The minimum atomic E-state index is -0.0380. The Morgan fingerprint density at radius 1 is 1.21 bits per heavy atom. The molecule has 0 bridgehead atoms. The highest BCUT2D eigenvalue weighted by molar-refractivity contribution is 5.81. The van der Waals surface area contributed by atoms with Gasteiger partial charge in [0, 0.05) is 12.6 Å². The summed E-state index contributed by atoms with van der Waals surface area (Å²) in [6.07, 6.45) is 11.2. The lowest BCUT2D eigenvalue weighted by atomic mass is 9.94. The maximum absolute atomic E-state index is 12.7. The van der Waals surface area contributed by atoms with Crippen molar-refractivity contribution in [1.82, 2.24) is 15.1 Å². The summed E-state index contributed by atoms with van der Waals surface area (Å²) in [4.78, 5) is 17.4. The Kier molecular flexibility index (Phi) is 7.58. The average molecular weight is 334 g/mol. The van der Waals surface area contributed by atoms with Crippen LogP contribution < -0.4 is 5.32 Å². The summed E-state index contributed by atoms with van der Waals surface area (Å²) in [5.74, 6) is 4.25. The molecule has 0 aliphatic carbocycles. The number of terminal acetylenes is 1. The second-order valence-corrected chi connectivity index (χ2v) is 7.96. The normalized spacial score (nSPS) is 25.4. The number of carbonyl (C=O) groups is 1. The van der Waals surface area contributed by atoms with Crippen LogP contribution >= 0.6 is 0 Å². The molecule has 0 aromatic carbocycles. The highest BCUT2D eigenvalue weighted by Gasteiger charge is 2.30. The van der Waals surface area contributed by atoms with E-state index >= 15 is 0 Å². The third-order valence-electron chi connectivity index (χ3n) is 5.75. The van der Waals surface area contributed by atoms with Gasteiger partial charge in [-0.25, -0.2) is 0 Å². The average Bonchev–Trinajstić information content (AvgIpc) is 2.57. The maximum Gasteiger partial charge on any atom is 0.237 e. The van der Waals surface area contributed by atoms with Gasteiger partial charge in [-0.2, -0.15) is 0 Å². The van der Waals surface area contributed by atoms with Gasteiger partial charge >= 0.3 is 0 Å². The summed E-state index contributed by atoms with van der Waals surface area (Å²) in [6.45, 7) is 11.5. The predicted molar refractivity (Wildman–Crippen MR) is 99.7 cm³/mol. The van der Waals surface area contributed by atoms with Crippen molar-refractivity contribution in [2.75, 3.05) is 32.7 Å². The lowest BCUT2D eigenvalue weighted by molar-refractivity contribution is -0.127. The van der Waals surface area contributed by atoms with E-state index in [1.165, 1.54) is 12.8 Å². The van der Waals surface area contributed by atoms with Crippen molar-refractivity contribution >= 4 is 5.91 Å².